The van der Waals surface area contributed by atoms with Crippen LogP contribution in [0.25, 0.3) is 0 Å². The number of carbonyl (C=O) groups is 3. The Morgan fingerprint density at radius 1 is 0.556 bits per heavy atom. The van der Waals surface area contributed by atoms with E-state index in [9.17, 15) is 19.5 Å². The number of carbonyl (C=O) groups excluding carboxylic acids is 3. The molecule has 4 nitrogen and oxygen atoms in total. The van der Waals surface area contributed by atoms with Gasteiger partial charge in [-0.1, -0.05) is 121 Å². The molecule has 5 rings (SSSR count). The maximum absolute atomic E-state index is 14.1. The fraction of sp³-hybridized carbons (Fsp3) is 0.156. The first-order chi connectivity index (χ1) is 17.5. The van der Waals surface area contributed by atoms with E-state index in [1.54, 1.807) is 97.1 Å². The van der Waals surface area contributed by atoms with Crippen molar-refractivity contribution in [1.82, 2.24) is 0 Å². The Hall–Kier alpha value is -4.15. The van der Waals surface area contributed by atoms with Crippen molar-refractivity contribution in [2.45, 2.75) is 12.0 Å². The Morgan fingerprint density at radius 3 is 1.42 bits per heavy atom. The van der Waals surface area contributed by atoms with E-state index >= 15 is 0 Å². The molecule has 1 N–H and O–H groups in total. The van der Waals surface area contributed by atoms with Gasteiger partial charge in [-0.15, -0.1) is 0 Å². The van der Waals surface area contributed by atoms with Gasteiger partial charge in [-0.2, -0.15) is 0 Å². The molecule has 1 fully saturated rings. The molecule has 1 saturated carbocycles. The highest BCUT2D eigenvalue weighted by molar-refractivity contribution is 6.10. The van der Waals surface area contributed by atoms with Crippen LogP contribution in [0.5, 0.6) is 0 Å². The minimum Gasteiger partial charge on any atom is -0.384 e. The summed E-state index contributed by atoms with van der Waals surface area (Å²) in [6, 6.07) is 35.1. The van der Waals surface area contributed by atoms with Gasteiger partial charge in [-0.3, -0.25) is 14.4 Å². The van der Waals surface area contributed by atoms with Gasteiger partial charge in [0.15, 0.2) is 17.3 Å². The van der Waals surface area contributed by atoms with E-state index in [1.165, 1.54) is 0 Å². The zero-order valence-corrected chi connectivity index (χ0v) is 19.7. The Morgan fingerprint density at radius 2 is 0.944 bits per heavy atom. The Labute approximate surface area is 210 Å². The van der Waals surface area contributed by atoms with E-state index in [1.807, 2.05) is 24.3 Å². The lowest BCUT2D eigenvalue weighted by atomic mass is 9.73. The highest BCUT2D eigenvalue weighted by Gasteiger charge is 2.60. The molecule has 0 unspecified atom stereocenters. The maximum atomic E-state index is 14.1. The second-order valence-corrected chi connectivity index (χ2v) is 9.30. The average molecular weight is 475 g/mol. The van der Waals surface area contributed by atoms with E-state index < -0.39 is 23.4 Å². The molecular weight excluding hydrogens is 448 g/mol. The summed E-state index contributed by atoms with van der Waals surface area (Å²) >= 11 is 0. The third-order valence-electron chi connectivity index (χ3n) is 7.21. The molecule has 0 radical (unpaired) electrons. The third kappa shape index (κ3) is 4.21. The lowest BCUT2D eigenvalue weighted by Crippen LogP contribution is -2.41. The standard InChI is InChI=1S/C32H26O4/c33-29(22-13-5-1-6-14-22)26-21-32(36,25-19-11-4-12-20-25)28(31(35)24-17-9-3-10-18-24)27(26)30(34)23-15-7-2-8-16-23/h1-20,26-28,36H,21H2/t26-,27+,28-,32+/m0/s1. The van der Waals surface area contributed by atoms with E-state index in [-0.39, 0.29) is 23.8 Å². The SMILES string of the molecule is O=C(c1ccccc1)[C@@H]1[C@@H](C(=O)c2ccccc2)C[C@@](O)(c2ccccc2)[C@@H]1C(=O)c1ccccc1. The minimum absolute atomic E-state index is 0.0305. The number of ketones is 3. The Balaban J connectivity index is 1.70. The number of hydrogen-bond acceptors (Lipinski definition) is 4. The Bertz CT molecular complexity index is 1370. The van der Waals surface area contributed by atoms with Gasteiger partial charge in [-0.25, -0.2) is 0 Å². The van der Waals surface area contributed by atoms with Gasteiger partial charge < -0.3 is 5.11 Å². The number of hydrogen-bond donors (Lipinski definition) is 1. The third-order valence-corrected chi connectivity index (χ3v) is 7.21. The molecule has 0 amide bonds. The maximum Gasteiger partial charge on any atom is 0.169 e. The molecule has 36 heavy (non-hydrogen) atoms. The van der Waals surface area contributed by atoms with Gasteiger partial charge in [0, 0.05) is 28.5 Å². The van der Waals surface area contributed by atoms with Crippen LogP contribution < -0.4 is 0 Å². The van der Waals surface area contributed by atoms with E-state index in [0.29, 0.717) is 22.3 Å². The summed E-state index contributed by atoms with van der Waals surface area (Å²) in [7, 11) is 0. The number of aliphatic hydroxyl groups is 1. The lowest BCUT2D eigenvalue weighted by Gasteiger charge is -2.32. The molecule has 0 saturated heterocycles. The zero-order valence-electron chi connectivity index (χ0n) is 19.7. The monoisotopic (exact) mass is 474 g/mol. The van der Waals surface area contributed by atoms with Crippen molar-refractivity contribution in [1.29, 1.82) is 0 Å². The summed E-state index contributed by atoms with van der Waals surface area (Å²) in [5.74, 6) is -3.94. The normalized spacial score (nSPS) is 23.2. The molecule has 4 atom stereocenters. The topological polar surface area (TPSA) is 71.4 Å². The van der Waals surface area contributed by atoms with Crippen LogP contribution in [0.4, 0.5) is 0 Å². The van der Waals surface area contributed by atoms with E-state index in [0.717, 1.165) is 0 Å². The second-order valence-electron chi connectivity index (χ2n) is 9.30. The largest absolute Gasteiger partial charge is 0.384 e. The predicted octanol–water partition coefficient (Wildman–Crippen LogP) is 5.78. The van der Waals surface area contributed by atoms with Gasteiger partial charge in [0.2, 0.25) is 0 Å². The van der Waals surface area contributed by atoms with Gasteiger partial charge in [0.05, 0.1) is 5.92 Å². The summed E-state index contributed by atoms with van der Waals surface area (Å²) < 4.78 is 0. The molecule has 4 aromatic rings. The highest BCUT2D eigenvalue weighted by Crippen LogP contribution is 2.53. The fourth-order valence-electron chi connectivity index (χ4n) is 5.51. The second kappa shape index (κ2) is 9.84. The lowest BCUT2D eigenvalue weighted by molar-refractivity contribution is -0.00457. The molecule has 0 spiro atoms. The summed E-state index contributed by atoms with van der Waals surface area (Å²) in [4.78, 5) is 41.9. The smallest absolute Gasteiger partial charge is 0.169 e. The Kier molecular flexibility index (Phi) is 6.45. The van der Waals surface area contributed by atoms with Gasteiger partial charge in [0.1, 0.15) is 5.60 Å². The van der Waals surface area contributed by atoms with Crippen LogP contribution in [0.1, 0.15) is 43.1 Å². The summed E-state index contributed by atoms with van der Waals surface area (Å²) in [5, 5.41) is 12.3. The van der Waals surface area contributed by atoms with Crippen LogP contribution in [-0.2, 0) is 5.60 Å². The first kappa shape index (κ1) is 23.6. The number of rotatable bonds is 7. The quantitative estimate of drug-likeness (QED) is 0.345. The van der Waals surface area contributed by atoms with Gasteiger partial charge >= 0.3 is 0 Å². The molecule has 1 aliphatic rings. The molecule has 0 aromatic heterocycles. The molecule has 4 heteroatoms. The molecule has 0 bridgehead atoms. The number of Topliss-reactive ketones (excluding diaryl/α,β-unsaturated/α-hetero) is 3. The molecule has 0 aliphatic heterocycles. The van der Waals surface area contributed by atoms with Crippen LogP contribution in [0.15, 0.2) is 121 Å². The van der Waals surface area contributed by atoms with Crippen molar-refractivity contribution in [2.75, 3.05) is 0 Å². The van der Waals surface area contributed by atoms with Crippen molar-refractivity contribution >= 4 is 17.3 Å². The summed E-state index contributed by atoms with van der Waals surface area (Å²) in [6.07, 6.45) is -0.0305. The van der Waals surface area contributed by atoms with Crippen LogP contribution in [-0.4, -0.2) is 22.5 Å². The fourth-order valence-corrected chi connectivity index (χ4v) is 5.51. The molecule has 1 aliphatic carbocycles. The average Bonchev–Trinajstić information content (AvgIpc) is 3.27. The van der Waals surface area contributed by atoms with Crippen LogP contribution in [0, 0.1) is 17.8 Å². The first-order valence-corrected chi connectivity index (χ1v) is 12.1. The van der Waals surface area contributed by atoms with Crippen molar-refractivity contribution in [2.24, 2.45) is 17.8 Å². The van der Waals surface area contributed by atoms with Crippen molar-refractivity contribution < 1.29 is 19.5 Å². The van der Waals surface area contributed by atoms with Crippen LogP contribution >= 0.6 is 0 Å². The first-order valence-electron chi connectivity index (χ1n) is 12.1. The summed E-state index contributed by atoms with van der Waals surface area (Å²) in [6.45, 7) is 0. The van der Waals surface area contributed by atoms with Gasteiger partial charge in [0.25, 0.3) is 0 Å². The van der Waals surface area contributed by atoms with E-state index in [4.69, 9.17) is 0 Å². The van der Waals surface area contributed by atoms with E-state index in [2.05, 4.69) is 0 Å². The van der Waals surface area contributed by atoms with Crippen molar-refractivity contribution in [3.8, 4) is 0 Å². The zero-order chi connectivity index (χ0) is 25.1. The van der Waals surface area contributed by atoms with Crippen molar-refractivity contribution in [3.05, 3.63) is 144 Å². The number of benzene rings is 4. The molecule has 0 heterocycles. The molecule has 178 valence electrons. The summed E-state index contributed by atoms with van der Waals surface area (Å²) in [5.41, 5.74) is 0.0930. The van der Waals surface area contributed by atoms with Crippen LogP contribution in [0.3, 0.4) is 0 Å². The predicted molar refractivity (Wildman–Crippen MR) is 138 cm³/mol. The van der Waals surface area contributed by atoms with Crippen molar-refractivity contribution in [3.63, 3.8) is 0 Å². The molecular formula is C32H26O4. The molecule has 4 aromatic carbocycles. The van der Waals surface area contributed by atoms with Crippen LogP contribution in [0.2, 0.25) is 0 Å². The van der Waals surface area contributed by atoms with Gasteiger partial charge in [-0.05, 0) is 12.0 Å². The minimum atomic E-state index is -1.70. The highest BCUT2D eigenvalue weighted by atomic mass is 16.3.